The number of carboxylic acid groups (broad SMARTS) is 1. The molecule has 0 radical (unpaired) electrons. The second kappa shape index (κ2) is 4.61. The number of rotatable bonds is 5. The minimum absolute atomic E-state index is 0.226. The average Bonchev–Trinajstić information content (AvgIpc) is 2.01. The van der Waals surface area contributed by atoms with Crippen molar-refractivity contribution in [3.8, 4) is 0 Å². The summed E-state index contributed by atoms with van der Waals surface area (Å²) in [6.45, 7) is 6.17. The molecule has 1 saturated heterocycles. The van der Waals surface area contributed by atoms with E-state index in [1.54, 1.807) is 0 Å². The second-order valence-electron chi connectivity index (χ2n) is 4.06. The largest absolute Gasteiger partial charge is 0.480 e. The second-order valence-corrected chi connectivity index (χ2v) is 4.06. The van der Waals surface area contributed by atoms with Gasteiger partial charge in [-0.1, -0.05) is 26.7 Å². The molecule has 0 aromatic carbocycles. The van der Waals surface area contributed by atoms with Crippen molar-refractivity contribution < 1.29 is 9.90 Å². The summed E-state index contributed by atoms with van der Waals surface area (Å²) in [5.41, 5.74) is 0. The Kier molecular flexibility index (Phi) is 3.72. The van der Waals surface area contributed by atoms with Gasteiger partial charge in [-0.25, -0.2) is 0 Å². The van der Waals surface area contributed by atoms with Crippen molar-refractivity contribution in [3.63, 3.8) is 0 Å². The first-order chi connectivity index (χ1) is 6.15. The molecule has 0 bridgehead atoms. The fraction of sp³-hybridized carbons (Fsp3) is 0.900. The quantitative estimate of drug-likeness (QED) is 0.707. The van der Waals surface area contributed by atoms with E-state index in [0.29, 0.717) is 5.92 Å². The maximum atomic E-state index is 10.9. The Labute approximate surface area is 79.7 Å². The molecule has 0 aromatic rings. The summed E-state index contributed by atoms with van der Waals surface area (Å²) in [6.07, 6.45) is 2.90. The minimum atomic E-state index is -0.652. The van der Waals surface area contributed by atoms with E-state index in [1.807, 2.05) is 0 Å². The van der Waals surface area contributed by atoms with Crippen molar-refractivity contribution in [3.05, 3.63) is 0 Å². The molecule has 1 atom stereocenters. The fourth-order valence-corrected chi connectivity index (χ4v) is 1.86. The van der Waals surface area contributed by atoms with Crippen molar-refractivity contribution in [1.82, 2.24) is 4.90 Å². The van der Waals surface area contributed by atoms with Gasteiger partial charge in [0.1, 0.15) is 6.04 Å². The Bertz CT molecular complexity index is 176. The van der Waals surface area contributed by atoms with Gasteiger partial charge in [-0.05, 0) is 12.3 Å². The number of hydrogen-bond donors (Lipinski definition) is 1. The van der Waals surface area contributed by atoms with Crippen LogP contribution in [-0.2, 0) is 4.79 Å². The molecule has 3 nitrogen and oxygen atoms in total. The molecule has 0 spiro atoms. The van der Waals surface area contributed by atoms with Crippen LogP contribution in [0.25, 0.3) is 0 Å². The van der Waals surface area contributed by atoms with Crippen LogP contribution in [0.4, 0.5) is 0 Å². The van der Waals surface area contributed by atoms with Crippen LogP contribution in [0, 0.1) is 5.92 Å². The van der Waals surface area contributed by atoms with Crippen molar-refractivity contribution in [2.45, 2.75) is 39.2 Å². The lowest BCUT2D eigenvalue weighted by Crippen LogP contribution is -2.53. The zero-order chi connectivity index (χ0) is 9.84. The SMILES string of the molecule is CCCCC(C(=O)O)N1CC(C)C1. The molecular weight excluding hydrogens is 166 g/mol. The Morgan fingerprint density at radius 1 is 1.62 bits per heavy atom. The Morgan fingerprint density at radius 2 is 2.23 bits per heavy atom. The van der Waals surface area contributed by atoms with Gasteiger partial charge in [0.2, 0.25) is 0 Å². The summed E-state index contributed by atoms with van der Waals surface area (Å²) in [7, 11) is 0. The van der Waals surface area contributed by atoms with E-state index in [0.717, 1.165) is 32.4 Å². The van der Waals surface area contributed by atoms with E-state index in [4.69, 9.17) is 5.11 Å². The van der Waals surface area contributed by atoms with E-state index in [9.17, 15) is 4.79 Å². The molecule has 76 valence electrons. The zero-order valence-electron chi connectivity index (χ0n) is 8.49. The highest BCUT2D eigenvalue weighted by molar-refractivity contribution is 5.73. The number of aliphatic carboxylic acids is 1. The maximum Gasteiger partial charge on any atom is 0.320 e. The number of nitrogens with zero attached hydrogens (tertiary/aromatic N) is 1. The smallest absolute Gasteiger partial charge is 0.320 e. The average molecular weight is 185 g/mol. The van der Waals surface area contributed by atoms with Gasteiger partial charge in [-0.15, -0.1) is 0 Å². The summed E-state index contributed by atoms with van der Waals surface area (Å²) >= 11 is 0. The number of hydrogen-bond acceptors (Lipinski definition) is 2. The van der Waals surface area contributed by atoms with Crippen LogP contribution in [0.15, 0.2) is 0 Å². The first kappa shape index (κ1) is 10.5. The fourth-order valence-electron chi connectivity index (χ4n) is 1.86. The van der Waals surface area contributed by atoms with E-state index in [1.165, 1.54) is 0 Å². The molecule has 13 heavy (non-hydrogen) atoms. The van der Waals surface area contributed by atoms with Crippen LogP contribution in [-0.4, -0.2) is 35.1 Å². The van der Waals surface area contributed by atoms with Crippen molar-refractivity contribution in [2.75, 3.05) is 13.1 Å². The van der Waals surface area contributed by atoms with Gasteiger partial charge < -0.3 is 5.11 Å². The monoisotopic (exact) mass is 185 g/mol. The number of carboxylic acids is 1. The van der Waals surface area contributed by atoms with Gasteiger partial charge in [-0.3, -0.25) is 9.69 Å². The first-order valence-electron chi connectivity index (χ1n) is 5.12. The molecule has 1 rings (SSSR count). The van der Waals surface area contributed by atoms with Crippen molar-refractivity contribution in [1.29, 1.82) is 0 Å². The molecule has 1 aliphatic heterocycles. The van der Waals surface area contributed by atoms with Crippen LogP contribution in [0.2, 0.25) is 0 Å². The molecular formula is C10H19NO2. The predicted molar refractivity (Wildman–Crippen MR) is 51.7 cm³/mol. The summed E-state index contributed by atoms with van der Waals surface area (Å²) in [4.78, 5) is 13.0. The third-order valence-electron chi connectivity index (χ3n) is 2.65. The maximum absolute atomic E-state index is 10.9. The molecule has 1 heterocycles. The summed E-state index contributed by atoms with van der Waals surface area (Å²) in [6, 6.07) is -0.226. The molecule has 0 amide bonds. The lowest BCUT2D eigenvalue weighted by Gasteiger charge is -2.41. The zero-order valence-corrected chi connectivity index (χ0v) is 8.49. The molecule has 1 aliphatic rings. The van der Waals surface area contributed by atoms with Gasteiger partial charge in [0.05, 0.1) is 0 Å². The Morgan fingerprint density at radius 3 is 2.62 bits per heavy atom. The lowest BCUT2D eigenvalue weighted by atomic mass is 9.97. The van der Waals surface area contributed by atoms with E-state index >= 15 is 0 Å². The number of likely N-dealkylation sites (tertiary alicyclic amines) is 1. The molecule has 0 aliphatic carbocycles. The summed E-state index contributed by atoms with van der Waals surface area (Å²) in [5.74, 6) is 0.0313. The molecule has 1 fully saturated rings. The number of unbranched alkanes of at least 4 members (excludes halogenated alkanes) is 1. The third kappa shape index (κ3) is 2.69. The van der Waals surface area contributed by atoms with Crippen LogP contribution in [0.5, 0.6) is 0 Å². The van der Waals surface area contributed by atoms with Gasteiger partial charge >= 0.3 is 5.97 Å². The molecule has 1 N–H and O–H groups in total. The van der Waals surface area contributed by atoms with Crippen LogP contribution < -0.4 is 0 Å². The minimum Gasteiger partial charge on any atom is -0.480 e. The highest BCUT2D eigenvalue weighted by Crippen LogP contribution is 2.20. The van der Waals surface area contributed by atoms with E-state index in [2.05, 4.69) is 18.7 Å². The van der Waals surface area contributed by atoms with Crippen LogP contribution >= 0.6 is 0 Å². The summed E-state index contributed by atoms with van der Waals surface area (Å²) in [5, 5.41) is 8.98. The van der Waals surface area contributed by atoms with Crippen LogP contribution in [0.3, 0.4) is 0 Å². The third-order valence-corrected chi connectivity index (χ3v) is 2.65. The summed E-state index contributed by atoms with van der Waals surface area (Å²) < 4.78 is 0. The lowest BCUT2D eigenvalue weighted by molar-refractivity contribution is -0.146. The van der Waals surface area contributed by atoms with Gasteiger partial charge in [0, 0.05) is 13.1 Å². The molecule has 1 unspecified atom stereocenters. The highest BCUT2D eigenvalue weighted by atomic mass is 16.4. The molecule has 0 saturated carbocycles. The Balaban J connectivity index is 2.34. The standard InChI is InChI=1S/C10H19NO2/c1-3-4-5-9(10(12)13)11-6-8(2)7-11/h8-9H,3-7H2,1-2H3,(H,12,13). The van der Waals surface area contributed by atoms with Crippen molar-refractivity contribution in [2.24, 2.45) is 5.92 Å². The topological polar surface area (TPSA) is 40.5 Å². The molecule has 0 aromatic heterocycles. The first-order valence-corrected chi connectivity index (χ1v) is 5.12. The van der Waals surface area contributed by atoms with Gasteiger partial charge in [-0.2, -0.15) is 0 Å². The van der Waals surface area contributed by atoms with Gasteiger partial charge in [0.25, 0.3) is 0 Å². The van der Waals surface area contributed by atoms with Crippen molar-refractivity contribution >= 4 is 5.97 Å². The van der Waals surface area contributed by atoms with Crippen LogP contribution in [0.1, 0.15) is 33.1 Å². The highest BCUT2D eigenvalue weighted by Gasteiger charge is 2.32. The Hall–Kier alpha value is -0.570. The van der Waals surface area contributed by atoms with E-state index < -0.39 is 5.97 Å². The van der Waals surface area contributed by atoms with Gasteiger partial charge in [0.15, 0.2) is 0 Å². The predicted octanol–water partition coefficient (Wildman–Crippen LogP) is 1.58. The number of carbonyl (C=O) groups is 1. The van der Waals surface area contributed by atoms with E-state index in [-0.39, 0.29) is 6.04 Å². The normalized spacial score (nSPS) is 21.1. The molecule has 3 heteroatoms.